The van der Waals surface area contributed by atoms with Gasteiger partial charge >= 0.3 is 23.9 Å². The number of anilines is 2. The van der Waals surface area contributed by atoms with E-state index >= 15 is 0 Å². The number of unbranched alkanes of at least 4 members (excludes halogenated alkanes) is 1. The summed E-state index contributed by atoms with van der Waals surface area (Å²) in [5, 5.41) is 24.1. The summed E-state index contributed by atoms with van der Waals surface area (Å²) >= 11 is 13.5. The molecule has 7 amide bonds. The van der Waals surface area contributed by atoms with Crippen LogP contribution in [0.5, 0.6) is 0 Å². The molecule has 0 radical (unpaired) electrons. The van der Waals surface area contributed by atoms with Crippen molar-refractivity contribution >= 4 is 108 Å². The van der Waals surface area contributed by atoms with Crippen molar-refractivity contribution in [2.45, 2.75) is 186 Å². The summed E-state index contributed by atoms with van der Waals surface area (Å²) < 4.78 is 30.0. The van der Waals surface area contributed by atoms with Gasteiger partial charge in [-0.3, -0.25) is 33.6 Å². The first kappa shape index (κ1) is 72.8. The number of aryl methyl sites for hydroxylation is 1. The van der Waals surface area contributed by atoms with Crippen LogP contribution in [0.3, 0.4) is 0 Å². The van der Waals surface area contributed by atoms with Gasteiger partial charge in [0.15, 0.2) is 0 Å². The Morgan fingerprint density at radius 1 is 0.989 bits per heavy atom. The number of rotatable bonds is 24. The van der Waals surface area contributed by atoms with E-state index < -0.39 is 125 Å². The predicted molar refractivity (Wildman–Crippen MR) is 340 cm³/mol. The first-order valence-corrected chi connectivity index (χ1v) is 32.3. The molecule has 0 unspecified atom stereocenters. The molecule has 486 valence electrons. The van der Waals surface area contributed by atoms with Gasteiger partial charge in [0.05, 0.1) is 46.8 Å². The smallest absolute Gasteiger partial charge is 0.328 e. The SMILES string of the molecule is CO[C@@H]1/C=C/C=C(\C)Cc2cc(C)c(Cl)c(c2)N(C)C(=O)C[C@H](OC(=O)[C@H](C)N(C)C(=O)c2ccccc2NC(=O)[C@H](CCCNC(N)=O)NC(=O)[C@@H](NC(=O)CCCCC(C)(C)OC(=O)C(CBr)CBr)C(C)C)[C@]2(C)O[C@H]2[C@H](C)[C@@H]2C[C@@]1(O)CC(=O)O2. The number of ether oxygens (including phenoxy) is 5. The molecule has 10 atom stereocenters. The molecule has 4 bridgehead atoms. The number of urea groups is 1. The van der Waals surface area contributed by atoms with Crippen LogP contribution in [0.25, 0.3) is 0 Å². The van der Waals surface area contributed by atoms with Crippen molar-refractivity contribution in [3.63, 3.8) is 0 Å². The number of nitrogens with two attached hydrogens (primary N) is 1. The van der Waals surface area contributed by atoms with Crippen molar-refractivity contribution in [3.05, 3.63) is 81.9 Å². The monoisotopic (exact) mass is 1380 g/mol. The van der Waals surface area contributed by atoms with E-state index in [2.05, 4.69) is 53.1 Å². The van der Waals surface area contributed by atoms with Gasteiger partial charge in [0.2, 0.25) is 23.6 Å². The van der Waals surface area contributed by atoms with Crippen molar-refractivity contribution < 1.29 is 71.9 Å². The molecule has 3 heterocycles. The van der Waals surface area contributed by atoms with Gasteiger partial charge in [0.1, 0.15) is 53.2 Å². The number of hydrogen-bond acceptors (Lipinski definition) is 15. The van der Waals surface area contributed by atoms with Gasteiger partial charge < -0.3 is 65.6 Å². The summed E-state index contributed by atoms with van der Waals surface area (Å²) in [6.07, 6.45) is 2.90. The number of primary amides is 1. The van der Waals surface area contributed by atoms with Crippen LogP contribution in [0.4, 0.5) is 16.2 Å². The van der Waals surface area contributed by atoms with E-state index in [1.165, 1.54) is 38.1 Å². The molecule has 2 aromatic carbocycles. The maximum atomic E-state index is 14.6. The fourth-order valence-electron chi connectivity index (χ4n) is 10.9. The number of halogens is 3. The third kappa shape index (κ3) is 19.5. The lowest BCUT2D eigenvalue weighted by Crippen LogP contribution is -2.54. The van der Waals surface area contributed by atoms with Gasteiger partial charge in [-0.15, -0.1) is 0 Å². The molecule has 2 saturated heterocycles. The Morgan fingerprint density at radius 3 is 2.32 bits per heavy atom. The van der Waals surface area contributed by atoms with Gasteiger partial charge in [-0.2, -0.15) is 0 Å². The molecular formula is C63H88Br2ClN7O15. The van der Waals surface area contributed by atoms with Crippen LogP contribution in [0.2, 0.25) is 5.02 Å². The molecule has 0 aliphatic carbocycles. The topological polar surface area (TPSA) is 304 Å². The quantitative estimate of drug-likeness (QED) is 0.0193. The second-order valence-corrected chi connectivity index (χ2v) is 26.1. The fourth-order valence-corrected chi connectivity index (χ4v) is 12.7. The van der Waals surface area contributed by atoms with Crippen LogP contribution >= 0.6 is 43.5 Å². The zero-order valence-corrected chi connectivity index (χ0v) is 56.4. The Hall–Kier alpha value is -5.92. The number of nitrogens with one attached hydrogen (secondary N) is 4. The number of amides is 7. The van der Waals surface area contributed by atoms with Gasteiger partial charge in [0, 0.05) is 57.2 Å². The molecule has 2 aromatic rings. The predicted octanol–water partition coefficient (Wildman–Crippen LogP) is 7.68. The highest BCUT2D eigenvalue weighted by Gasteiger charge is 2.64. The van der Waals surface area contributed by atoms with Crippen LogP contribution in [0, 0.1) is 24.7 Å². The van der Waals surface area contributed by atoms with E-state index in [4.69, 9.17) is 41.0 Å². The number of carbonyl (C=O) groups is 9. The molecule has 3 aliphatic rings. The number of esters is 3. The number of carbonyl (C=O) groups excluding carboxylic acids is 9. The van der Waals surface area contributed by atoms with Gasteiger partial charge in [-0.05, 0) is 115 Å². The highest BCUT2D eigenvalue weighted by Crippen LogP contribution is 2.50. The average molecular weight is 1380 g/mol. The van der Waals surface area contributed by atoms with Gasteiger partial charge in [-0.25, -0.2) is 9.59 Å². The summed E-state index contributed by atoms with van der Waals surface area (Å²) in [5.41, 5.74) is 4.40. The molecular weight excluding hydrogens is 1290 g/mol. The number of nitrogens with zero attached hydrogens (tertiary/aromatic N) is 2. The lowest BCUT2D eigenvalue weighted by molar-refractivity contribution is -0.187. The number of para-hydroxylation sites is 1. The average Bonchev–Trinajstić information content (AvgIpc) is 1.66. The van der Waals surface area contributed by atoms with E-state index in [9.17, 15) is 48.3 Å². The van der Waals surface area contributed by atoms with E-state index in [0.717, 1.165) is 21.6 Å². The number of aliphatic hydroxyl groups is 1. The third-order valence-corrected chi connectivity index (χ3v) is 18.6. The fraction of sp³-hybridized carbons (Fsp3) is 0.603. The normalized spacial score (nSPS) is 24.3. The molecule has 3 aliphatic heterocycles. The van der Waals surface area contributed by atoms with Crippen LogP contribution < -0.4 is 31.9 Å². The zero-order valence-electron chi connectivity index (χ0n) is 52.4. The molecule has 25 heteroatoms. The molecule has 7 N–H and O–H groups in total. The maximum absolute atomic E-state index is 14.6. The Morgan fingerprint density at radius 2 is 1.67 bits per heavy atom. The number of allylic oxidation sites excluding steroid dienone is 3. The minimum Gasteiger partial charge on any atom is -0.462 e. The highest BCUT2D eigenvalue weighted by molar-refractivity contribution is 9.09. The van der Waals surface area contributed by atoms with Crippen molar-refractivity contribution in [1.82, 2.24) is 20.9 Å². The highest BCUT2D eigenvalue weighted by atomic mass is 79.9. The Kier molecular flexibility index (Phi) is 26.6. The van der Waals surface area contributed by atoms with Crippen LogP contribution in [0.15, 0.2) is 60.2 Å². The molecule has 0 spiro atoms. The second kappa shape index (κ2) is 32.2. The largest absolute Gasteiger partial charge is 0.462 e. The van der Waals surface area contributed by atoms with E-state index in [1.807, 2.05) is 32.1 Å². The van der Waals surface area contributed by atoms with E-state index in [0.29, 0.717) is 47.1 Å². The number of epoxide rings is 1. The van der Waals surface area contributed by atoms with Crippen LogP contribution in [-0.2, 0) is 63.7 Å². The maximum Gasteiger partial charge on any atom is 0.328 e. The minimum absolute atomic E-state index is 0.0140. The van der Waals surface area contributed by atoms with Gasteiger partial charge in [0.25, 0.3) is 5.91 Å². The number of fused-ring (bicyclic) bond motifs is 5. The number of benzene rings is 2. The molecule has 0 aromatic heterocycles. The molecule has 5 rings (SSSR count). The Bertz CT molecular complexity index is 2940. The molecule has 2 fully saturated rings. The van der Waals surface area contributed by atoms with Crippen molar-refractivity contribution in [2.75, 3.05) is 48.6 Å². The summed E-state index contributed by atoms with van der Waals surface area (Å²) in [6.45, 7) is 15.8. The van der Waals surface area contributed by atoms with Crippen molar-refractivity contribution in [1.29, 1.82) is 0 Å². The lowest BCUT2D eigenvalue weighted by atomic mass is 9.78. The van der Waals surface area contributed by atoms with E-state index in [1.54, 1.807) is 72.9 Å². The standard InChI is InChI=1S/C63H88Br2ClN7O15/c1-35(2)53(71-49(74)24-15-16-25-61(7,8)88-59(81)41(33-64)34-65)56(78)70-44(22-18-26-68-60(67)82)55(77)69-43-21-14-13-20-42(43)57(79)72(10)39(6)58(80)86-48-30-50(75)73(11)45-29-40(28-37(4)52(45)66)27-36(3)19-17-23-47(84-12)63(83)31-46(85-51(76)32-63)38(5)54-62(48,9)87-54/h13-14,17,19-21,23,28-29,35,38-39,41,44,46-48,53-54,83H,15-16,18,22,24-27,30-34H2,1-12H3,(H,69,77)(H,70,78)(H,71,74)(H3,67,68,82)/b23-17+,36-19+/t38-,39+,44+,46+,47-,48+,53+,54+,62+,63-/m1/s1. The number of alkyl halides is 2. The van der Waals surface area contributed by atoms with Gasteiger partial charge in [-0.1, -0.05) is 106 Å². The summed E-state index contributed by atoms with van der Waals surface area (Å²) in [5.74, 6) is -6.31. The van der Waals surface area contributed by atoms with Crippen LogP contribution in [-0.4, -0.2) is 161 Å². The number of likely N-dealkylation sites (N-methyl/N-ethyl adjacent to an activating group) is 1. The second-order valence-electron chi connectivity index (χ2n) is 24.5. The Balaban J connectivity index is 1.35. The molecule has 22 nitrogen and oxygen atoms in total. The zero-order chi connectivity index (χ0) is 65.6. The first-order valence-electron chi connectivity index (χ1n) is 29.7. The summed E-state index contributed by atoms with van der Waals surface area (Å²) in [6, 6.07) is 5.33. The summed E-state index contributed by atoms with van der Waals surface area (Å²) in [4.78, 5) is 125. The first-order chi connectivity index (χ1) is 41.3. The van der Waals surface area contributed by atoms with E-state index in [-0.39, 0.29) is 61.8 Å². The number of hydrogen-bond donors (Lipinski definition) is 6. The lowest BCUT2D eigenvalue weighted by Gasteiger charge is -2.41. The third-order valence-electron chi connectivity index (χ3n) is 16.5. The van der Waals surface area contributed by atoms with Crippen LogP contribution in [0.1, 0.15) is 135 Å². The molecule has 0 saturated carbocycles. The molecule has 88 heavy (non-hydrogen) atoms. The van der Waals surface area contributed by atoms with Crippen molar-refractivity contribution in [2.24, 2.45) is 23.5 Å². The summed E-state index contributed by atoms with van der Waals surface area (Å²) in [7, 11) is 4.38. The Labute approximate surface area is 538 Å². The minimum atomic E-state index is -1.66. The number of methoxy groups -OCH3 is 1. The van der Waals surface area contributed by atoms with Crippen molar-refractivity contribution in [3.8, 4) is 0 Å².